The molecular formula is C16H17N3O3S. The number of hydrogen-bond donors (Lipinski definition) is 1. The molecule has 1 N–H and O–H groups in total. The van der Waals surface area contributed by atoms with Gasteiger partial charge in [-0.2, -0.15) is 0 Å². The summed E-state index contributed by atoms with van der Waals surface area (Å²) in [5.41, 5.74) is 0.838. The average molecular weight is 331 g/mol. The number of esters is 1. The highest BCUT2D eigenvalue weighted by Gasteiger charge is 2.20. The van der Waals surface area contributed by atoms with Crippen LogP contribution in [0.1, 0.15) is 33.7 Å². The molecule has 0 aliphatic rings. The SMILES string of the molecule is CCOC(=O)c1sc2nc(C)nc(NCc3ccco3)c2c1C. The van der Waals surface area contributed by atoms with Crippen LogP contribution in [0.5, 0.6) is 0 Å². The van der Waals surface area contributed by atoms with Crippen molar-refractivity contribution in [2.45, 2.75) is 27.3 Å². The standard InChI is InChI=1S/C16H17N3O3S/c1-4-21-16(20)13-9(2)12-14(17-8-11-6-5-7-22-11)18-10(3)19-15(12)23-13/h5-7H,4,8H2,1-3H3,(H,17,18,19). The fourth-order valence-electron chi connectivity index (χ4n) is 2.35. The van der Waals surface area contributed by atoms with Gasteiger partial charge in [-0.25, -0.2) is 14.8 Å². The second kappa shape index (κ2) is 6.37. The zero-order valence-corrected chi connectivity index (χ0v) is 14.0. The molecule has 0 fully saturated rings. The van der Waals surface area contributed by atoms with Crippen LogP contribution >= 0.6 is 11.3 Å². The van der Waals surface area contributed by atoms with Gasteiger partial charge in [-0.05, 0) is 38.5 Å². The van der Waals surface area contributed by atoms with Crippen molar-refractivity contribution in [2.75, 3.05) is 11.9 Å². The molecule has 0 radical (unpaired) electrons. The number of nitrogens with one attached hydrogen (secondary N) is 1. The zero-order chi connectivity index (χ0) is 16.4. The summed E-state index contributed by atoms with van der Waals surface area (Å²) in [7, 11) is 0. The second-order valence-corrected chi connectivity index (χ2v) is 6.01. The first-order chi connectivity index (χ1) is 11.1. The van der Waals surface area contributed by atoms with Gasteiger partial charge in [0.05, 0.1) is 24.8 Å². The van der Waals surface area contributed by atoms with E-state index in [1.807, 2.05) is 26.0 Å². The number of rotatable bonds is 5. The number of ether oxygens (including phenoxy) is 1. The van der Waals surface area contributed by atoms with Crippen LogP contribution in [0.2, 0.25) is 0 Å². The second-order valence-electron chi connectivity index (χ2n) is 5.01. The third-order valence-corrected chi connectivity index (χ3v) is 4.54. The summed E-state index contributed by atoms with van der Waals surface area (Å²) in [5.74, 6) is 1.85. The van der Waals surface area contributed by atoms with Crippen molar-refractivity contribution in [1.82, 2.24) is 9.97 Å². The van der Waals surface area contributed by atoms with E-state index in [0.717, 1.165) is 21.5 Å². The summed E-state index contributed by atoms with van der Waals surface area (Å²) in [6.45, 7) is 6.38. The van der Waals surface area contributed by atoms with Gasteiger partial charge < -0.3 is 14.5 Å². The van der Waals surface area contributed by atoms with Crippen molar-refractivity contribution in [3.63, 3.8) is 0 Å². The monoisotopic (exact) mass is 331 g/mol. The summed E-state index contributed by atoms with van der Waals surface area (Å²) in [6, 6.07) is 3.73. The van der Waals surface area contributed by atoms with Crippen LogP contribution in [0, 0.1) is 13.8 Å². The van der Waals surface area contributed by atoms with Crippen LogP contribution < -0.4 is 5.32 Å². The number of fused-ring (bicyclic) bond motifs is 1. The number of aromatic nitrogens is 2. The molecule has 0 amide bonds. The van der Waals surface area contributed by atoms with Gasteiger partial charge in [-0.3, -0.25) is 0 Å². The molecule has 0 aromatic carbocycles. The smallest absolute Gasteiger partial charge is 0.348 e. The number of carbonyl (C=O) groups excluding carboxylic acids is 1. The van der Waals surface area contributed by atoms with Crippen LogP contribution in [0.4, 0.5) is 5.82 Å². The minimum Gasteiger partial charge on any atom is -0.467 e. The minimum absolute atomic E-state index is 0.317. The van der Waals surface area contributed by atoms with Gasteiger partial charge in [0.15, 0.2) is 0 Å². The Labute approximate surface area is 137 Å². The molecule has 0 bridgehead atoms. The number of hydrogen-bond acceptors (Lipinski definition) is 7. The molecule has 120 valence electrons. The van der Waals surface area contributed by atoms with E-state index >= 15 is 0 Å². The van der Waals surface area contributed by atoms with Crippen molar-refractivity contribution >= 4 is 33.3 Å². The molecule has 7 heteroatoms. The molecule has 0 atom stereocenters. The summed E-state index contributed by atoms with van der Waals surface area (Å²) < 4.78 is 10.4. The third kappa shape index (κ3) is 3.05. The van der Waals surface area contributed by atoms with E-state index < -0.39 is 0 Å². The first-order valence-corrected chi connectivity index (χ1v) is 8.13. The Hall–Kier alpha value is -2.41. The summed E-state index contributed by atoms with van der Waals surface area (Å²) in [6.07, 6.45) is 1.63. The van der Waals surface area contributed by atoms with Crippen LogP contribution in [-0.4, -0.2) is 22.5 Å². The van der Waals surface area contributed by atoms with Crippen molar-refractivity contribution in [2.24, 2.45) is 0 Å². The van der Waals surface area contributed by atoms with E-state index in [9.17, 15) is 4.79 Å². The van der Waals surface area contributed by atoms with Gasteiger partial charge in [-0.1, -0.05) is 0 Å². The molecule has 23 heavy (non-hydrogen) atoms. The quantitative estimate of drug-likeness (QED) is 0.719. The number of nitrogens with zero attached hydrogens (tertiary/aromatic N) is 2. The number of aryl methyl sites for hydroxylation is 2. The number of carbonyl (C=O) groups is 1. The van der Waals surface area contributed by atoms with Crippen molar-refractivity contribution < 1.29 is 13.9 Å². The Kier molecular flexibility index (Phi) is 4.29. The Morgan fingerprint density at radius 1 is 1.39 bits per heavy atom. The molecule has 0 saturated heterocycles. The first kappa shape index (κ1) is 15.5. The lowest BCUT2D eigenvalue weighted by Gasteiger charge is -2.07. The van der Waals surface area contributed by atoms with Gasteiger partial charge in [-0.15, -0.1) is 11.3 Å². The normalized spacial score (nSPS) is 10.9. The molecule has 3 aromatic heterocycles. The van der Waals surface area contributed by atoms with Crippen molar-refractivity contribution in [3.05, 3.63) is 40.4 Å². The fraction of sp³-hybridized carbons (Fsp3) is 0.312. The summed E-state index contributed by atoms with van der Waals surface area (Å²) in [5, 5.41) is 4.12. The van der Waals surface area contributed by atoms with E-state index in [0.29, 0.717) is 29.7 Å². The predicted octanol–water partition coefficient (Wildman–Crippen LogP) is 3.69. The molecular weight excluding hydrogens is 314 g/mol. The lowest BCUT2D eigenvalue weighted by Crippen LogP contribution is -2.05. The molecule has 0 spiro atoms. The third-order valence-electron chi connectivity index (χ3n) is 3.37. The van der Waals surface area contributed by atoms with E-state index in [1.54, 1.807) is 13.2 Å². The maximum atomic E-state index is 12.1. The molecule has 3 aromatic rings. The first-order valence-electron chi connectivity index (χ1n) is 7.31. The van der Waals surface area contributed by atoms with Crippen molar-refractivity contribution in [3.8, 4) is 0 Å². The topological polar surface area (TPSA) is 77.2 Å². The highest BCUT2D eigenvalue weighted by molar-refractivity contribution is 7.20. The van der Waals surface area contributed by atoms with Gasteiger partial charge in [0, 0.05) is 0 Å². The predicted molar refractivity (Wildman–Crippen MR) is 88.9 cm³/mol. The van der Waals surface area contributed by atoms with Gasteiger partial charge in [0.25, 0.3) is 0 Å². The summed E-state index contributed by atoms with van der Waals surface area (Å²) >= 11 is 1.33. The Morgan fingerprint density at radius 2 is 2.22 bits per heavy atom. The lowest BCUT2D eigenvalue weighted by molar-refractivity contribution is 0.0531. The highest BCUT2D eigenvalue weighted by atomic mass is 32.1. The van der Waals surface area contributed by atoms with Gasteiger partial charge in [0.2, 0.25) is 0 Å². The molecule has 0 aliphatic carbocycles. The zero-order valence-electron chi connectivity index (χ0n) is 13.2. The van der Waals surface area contributed by atoms with E-state index in [1.165, 1.54) is 11.3 Å². The molecule has 6 nitrogen and oxygen atoms in total. The van der Waals surface area contributed by atoms with E-state index in [-0.39, 0.29) is 5.97 Å². The number of furan rings is 1. The Morgan fingerprint density at radius 3 is 2.91 bits per heavy atom. The molecule has 0 unspecified atom stereocenters. The van der Waals surface area contributed by atoms with E-state index in [4.69, 9.17) is 9.15 Å². The largest absolute Gasteiger partial charge is 0.467 e. The Bertz CT molecular complexity index is 840. The van der Waals surface area contributed by atoms with Crippen LogP contribution in [0.15, 0.2) is 22.8 Å². The fourth-order valence-corrected chi connectivity index (χ4v) is 3.47. The maximum Gasteiger partial charge on any atom is 0.348 e. The van der Waals surface area contributed by atoms with Crippen LogP contribution in [0.3, 0.4) is 0 Å². The van der Waals surface area contributed by atoms with Gasteiger partial charge in [0.1, 0.15) is 27.1 Å². The van der Waals surface area contributed by atoms with Gasteiger partial charge >= 0.3 is 5.97 Å². The highest BCUT2D eigenvalue weighted by Crippen LogP contribution is 2.34. The van der Waals surface area contributed by atoms with Crippen LogP contribution in [0.25, 0.3) is 10.2 Å². The molecule has 3 rings (SSSR count). The summed E-state index contributed by atoms with van der Waals surface area (Å²) in [4.78, 5) is 22.3. The van der Waals surface area contributed by atoms with E-state index in [2.05, 4.69) is 15.3 Å². The molecule has 3 heterocycles. The lowest BCUT2D eigenvalue weighted by atomic mass is 10.2. The average Bonchev–Trinajstić information content (AvgIpc) is 3.13. The maximum absolute atomic E-state index is 12.1. The number of anilines is 1. The van der Waals surface area contributed by atoms with Crippen LogP contribution in [-0.2, 0) is 11.3 Å². The molecule has 0 saturated carbocycles. The van der Waals surface area contributed by atoms with Crippen molar-refractivity contribution in [1.29, 1.82) is 0 Å². The number of thiophene rings is 1. The molecule has 0 aliphatic heterocycles. The minimum atomic E-state index is -0.317. The Balaban J connectivity index is 2.01.